The van der Waals surface area contributed by atoms with E-state index in [2.05, 4.69) is 5.10 Å². The SMILES string of the molecule is CCc1c(C2(C)CC2F)nn(C)c1N. The van der Waals surface area contributed by atoms with Gasteiger partial charge in [-0.05, 0) is 12.8 Å². The Bertz CT molecular complexity index is 372. The minimum absolute atomic E-state index is 0.374. The normalized spacial score (nSPS) is 30.7. The highest BCUT2D eigenvalue weighted by Gasteiger charge is 2.55. The summed E-state index contributed by atoms with van der Waals surface area (Å²) >= 11 is 0. The average Bonchev–Trinajstić information content (AvgIpc) is 2.62. The molecule has 0 radical (unpaired) electrons. The number of aryl methyl sites for hydroxylation is 1. The third-order valence-corrected chi connectivity index (χ3v) is 3.22. The molecule has 2 rings (SSSR count). The van der Waals surface area contributed by atoms with Crippen LogP contribution in [0.4, 0.5) is 10.2 Å². The van der Waals surface area contributed by atoms with E-state index in [1.54, 1.807) is 11.7 Å². The Morgan fingerprint density at radius 1 is 1.71 bits per heavy atom. The third kappa shape index (κ3) is 1.06. The molecule has 0 aromatic carbocycles. The van der Waals surface area contributed by atoms with Crippen molar-refractivity contribution < 1.29 is 4.39 Å². The first-order chi connectivity index (χ1) is 6.50. The molecular weight excluding hydrogens is 181 g/mol. The molecule has 1 fully saturated rings. The Kier molecular flexibility index (Phi) is 1.84. The topological polar surface area (TPSA) is 43.8 Å². The summed E-state index contributed by atoms with van der Waals surface area (Å²) in [6.07, 6.45) is 0.649. The molecule has 78 valence electrons. The van der Waals surface area contributed by atoms with Crippen molar-refractivity contribution >= 4 is 5.82 Å². The van der Waals surface area contributed by atoms with Crippen LogP contribution in [0.5, 0.6) is 0 Å². The summed E-state index contributed by atoms with van der Waals surface area (Å²) in [7, 11) is 1.80. The van der Waals surface area contributed by atoms with Crippen LogP contribution in [-0.2, 0) is 18.9 Å². The van der Waals surface area contributed by atoms with E-state index in [9.17, 15) is 4.39 Å². The summed E-state index contributed by atoms with van der Waals surface area (Å²) in [6.45, 7) is 3.94. The van der Waals surface area contributed by atoms with Gasteiger partial charge in [0, 0.05) is 18.0 Å². The van der Waals surface area contributed by atoms with Crippen LogP contribution in [0.2, 0.25) is 0 Å². The van der Waals surface area contributed by atoms with Gasteiger partial charge in [-0.15, -0.1) is 0 Å². The lowest BCUT2D eigenvalue weighted by molar-refractivity contribution is 0.426. The second kappa shape index (κ2) is 2.72. The number of nitrogens with zero attached hydrogens (tertiary/aromatic N) is 2. The van der Waals surface area contributed by atoms with Gasteiger partial charge in [0.15, 0.2) is 0 Å². The Balaban J connectivity index is 2.48. The van der Waals surface area contributed by atoms with Crippen molar-refractivity contribution in [3.63, 3.8) is 0 Å². The summed E-state index contributed by atoms with van der Waals surface area (Å²) in [5.74, 6) is 0.669. The highest BCUT2D eigenvalue weighted by atomic mass is 19.1. The van der Waals surface area contributed by atoms with Crippen molar-refractivity contribution in [2.75, 3.05) is 5.73 Å². The van der Waals surface area contributed by atoms with Gasteiger partial charge in [-0.1, -0.05) is 13.8 Å². The van der Waals surface area contributed by atoms with Crippen LogP contribution < -0.4 is 5.73 Å². The fraction of sp³-hybridized carbons (Fsp3) is 0.700. The first-order valence-electron chi connectivity index (χ1n) is 4.96. The fourth-order valence-corrected chi connectivity index (χ4v) is 1.95. The largest absolute Gasteiger partial charge is 0.384 e. The molecule has 4 heteroatoms. The summed E-state index contributed by atoms with van der Waals surface area (Å²) in [5, 5.41) is 4.32. The van der Waals surface area contributed by atoms with Gasteiger partial charge in [-0.2, -0.15) is 5.10 Å². The van der Waals surface area contributed by atoms with E-state index in [0.29, 0.717) is 12.2 Å². The molecule has 1 aliphatic rings. The zero-order valence-corrected chi connectivity index (χ0v) is 8.84. The molecule has 1 aromatic rings. The van der Waals surface area contributed by atoms with Crippen LogP contribution in [0.1, 0.15) is 31.5 Å². The maximum atomic E-state index is 13.2. The van der Waals surface area contributed by atoms with Crippen molar-refractivity contribution in [2.24, 2.45) is 7.05 Å². The fourth-order valence-electron chi connectivity index (χ4n) is 1.95. The molecule has 2 unspecified atom stereocenters. The van der Waals surface area contributed by atoms with Crippen molar-refractivity contribution in [2.45, 2.75) is 38.3 Å². The maximum absolute atomic E-state index is 13.2. The molecule has 0 spiro atoms. The molecule has 0 amide bonds. The lowest BCUT2D eigenvalue weighted by Crippen LogP contribution is -2.09. The Morgan fingerprint density at radius 3 is 2.71 bits per heavy atom. The predicted molar refractivity (Wildman–Crippen MR) is 53.9 cm³/mol. The minimum Gasteiger partial charge on any atom is -0.384 e. The lowest BCUT2D eigenvalue weighted by Gasteiger charge is -2.06. The van der Waals surface area contributed by atoms with Gasteiger partial charge in [0.05, 0.1) is 5.69 Å². The Morgan fingerprint density at radius 2 is 2.29 bits per heavy atom. The average molecular weight is 197 g/mol. The lowest BCUT2D eigenvalue weighted by atomic mass is 9.99. The van der Waals surface area contributed by atoms with Crippen LogP contribution >= 0.6 is 0 Å². The molecule has 0 aliphatic heterocycles. The summed E-state index contributed by atoms with van der Waals surface area (Å²) in [5.41, 5.74) is 7.35. The number of aromatic nitrogens is 2. The molecule has 1 aliphatic carbocycles. The number of hydrogen-bond donors (Lipinski definition) is 1. The van der Waals surface area contributed by atoms with Gasteiger partial charge < -0.3 is 5.73 Å². The van der Waals surface area contributed by atoms with Crippen LogP contribution in [0.3, 0.4) is 0 Å². The highest BCUT2D eigenvalue weighted by Crippen LogP contribution is 2.51. The van der Waals surface area contributed by atoms with E-state index in [1.807, 2.05) is 13.8 Å². The molecule has 1 heterocycles. The molecule has 14 heavy (non-hydrogen) atoms. The minimum atomic E-state index is -0.748. The van der Waals surface area contributed by atoms with Crippen molar-refractivity contribution in [1.29, 1.82) is 0 Å². The van der Waals surface area contributed by atoms with Gasteiger partial charge in [-0.25, -0.2) is 4.39 Å². The zero-order chi connectivity index (χ0) is 10.5. The Labute approximate surface area is 83.1 Å². The quantitative estimate of drug-likeness (QED) is 0.782. The van der Waals surface area contributed by atoms with Gasteiger partial charge in [-0.3, -0.25) is 4.68 Å². The predicted octanol–water partition coefficient (Wildman–Crippen LogP) is 1.56. The summed E-state index contributed by atoms with van der Waals surface area (Å²) < 4.78 is 14.9. The summed E-state index contributed by atoms with van der Waals surface area (Å²) in [6, 6.07) is 0. The number of nitrogen functional groups attached to an aromatic ring is 1. The van der Waals surface area contributed by atoms with Crippen molar-refractivity contribution in [3.05, 3.63) is 11.3 Å². The monoisotopic (exact) mass is 197 g/mol. The molecule has 2 atom stereocenters. The molecule has 0 bridgehead atoms. The smallest absolute Gasteiger partial charge is 0.124 e. The van der Waals surface area contributed by atoms with E-state index in [0.717, 1.165) is 17.7 Å². The van der Waals surface area contributed by atoms with E-state index in [-0.39, 0.29) is 5.41 Å². The van der Waals surface area contributed by atoms with E-state index >= 15 is 0 Å². The van der Waals surface area contributed by atoms with Gasteiger partial charge in [0.25, 0.3) is 0 Å². The van der Waals surface area contributed by atoms with Crippen molar-refractivity contribution in [1.82, 2.24) is 9.78 Å². The van der Waals surface area contributed by atoms with Gasteiger partial charge >= 0.3 is 0 Å². The van der Waals surface area contributed by atoms with E-state index in [4.69, 9.17) is 5.73 Å². The highest BCUT2D eigenvalue weighted by molar-refractivity contribution is 5.48. The van der Waals surface area contributed by atoms with Crippen LogP contribution in [0.15, 0.2) is 0 Å². The summed E-state index contributed by atoms with van der Waals surface area (Å²) in [4.78, 5) is 0. The molecule has 3 nitrogen and oxygen atoms in total. The molecule has 1 saturated carbocycles. The van der Waals surface area contributed by atoms with E-state index in [1.165, 1.54) is 0 Å². The zero-order valence-electron chi connectivity index (χ0n) is 8.84. The number of halogens is 1. The van der Waals surface area contributed by atoms with Gasteiger partial charge in [0.1, 0.15) is 12.0 Å². The second-order valence-electron chi connectivity index (χ2n) is 4.28. The first kappa shape index (κ1) is 9.49. The molecule has 1 aromatic heterocycles. The molecular formula is C10H16FN3. The van der Waals surface area contributed by atoms with Crippen LogP contribution in [0, 0.1) is 0 Å². The van der Waals surface area contributed by atoms with E-state index < -0.39 is 6.17 Å². The number of anilines is 1. The standard InChI is InChI=1S/C10H16FN3/c1-4-6-8(10(2)5-7(10)11)13-14(3)9(6)12/h7H,4-5,12H2,1-3H3. The third-order valence-electron chi connectivity index (χ3n) is 3.22. The Hall–Kier alpha value is -1.06. The maximum Gasteiger partial charge on any atom is 0.124 e. The number of alkyl halides is 1. The van der Waals surface area contributed by atoms with Crippen LogP contribution in [-0.4, -0.2) is 16.0 Å². The van der Waals surface area contributed by atoms with Crippen molar-refractivity contribution in [3.8, 4) is 0 Å². The second-order valence-corrected chi connectivity index (χ2v) is 4.28. The molecule has 2 N–H and O–H groups in total. The number of rotatable bonds is 2. The van der Waals surface area contributed by atoms with Gasteiger partial charge in [0.2, 0.25) is 0 Å². The number of nitrogens with two attached hydrogens (primary N) is 1. The first-order valence-corrected chi connectivity index (χ1v) is 4.96. The number of hydrogen-bond acceptors (Lipinski definition) is 2. The van der Waals surface area contributed by atoms with Crippen LogP contribution in [0.25, 0.3) is 0 Å². The molecule has 0 saturated heterocycles.